The average molecular weight is 249 g/mol. The van der Waals surface area contributed by atoms with Crippen molar-refractivity contribution in [3.63, 3.8) is 0 Å². The van der Waals surface area contributed by atoms with E-state index in [1.165, 1.54) is 0 Å². The molecule has 2 aromatic rings. The lowest BCUT2D eigenvalue weighted by Gasteiger charge is -2.24. The Balaban J connectivity index is 2.39. The standard InChI is InChI=1S/C13H19N3O2/c1-4-13(5-2,8-14)12-15-11(16-18-12)10-6-7-17-9(10)3/h6-7H,4-5,8,14H2,1-3H3. The minimum absolute atomic E-state index is 0.219. The Labute approximate surface area is 106 Å². The van der Waals surface area contributed by atoms with E-state index >= 15 is 0 Å². The van der Waals surface area contributed by atoms with E-state index in [-0.39, 0.29) is 5.41 Å². The van der Waals surface area contributed by atoms with Crippen molar-refractivity contribution in [3.8, 4) is 11.4 Å². The molecule has 0 aliphatic rings. The highest BCUT2D eigenvalue weighted by Gasteiger charge is 2.33. The molecule has 2 aromatic heterocycles. The highest BCUT2D eigenvalue weighted by atomic mass is 16.5. The molecule has 0 unspecified atom stereocenters. The summed E-state index contributed by atoms with van der Waals surface area (Å²) in [4.78, 5) is 4.48. The number of rotatable bonds is 5. The van der Waals surface area contributed by atoms with Crippen molar-refractivity contribution in [2.45, 2.75) is 39.0 Å². The van der Waals surface area contributed by atoms with Crippen LogP contribution in [-0.2, 0) is 5.41 Å². The van der Waals surface area contributed by atoms with Gasteiger partial charge in [-0.2, -0.15) is 4.98 Å². The zero-order valence-electron chi connectivity index (χ0n) is 11.1. The highest BCUT2D eigenvalue weighted by molar-refractivity contribution is 5.56. The zero-order valence-corrected chi connectivity index (χ0v) is 11.1. The van der Waals surface area contributed by atoms with Crippen LogP contribution < -0.4 is 5.73 Å². The van der Waals surface area contributed by atoms with Crippen LogP contribution in [0.5, 0.6) is 0 Å². The summed E-state index contributed by atoms with van der Waals surface area (Å²) in [7, 11) is 0. The summed E-state index contributed by atoms with van der Waals surface area (Å²) in [5.41, 5.74) is 6.52. The fraction of sp³-hybridized carbons (Fsp3) is 0.538. The van der Waals surface area contributed by atoms with Crippen LogP contribution in [0, 0.1) is 6.92 Å². The third kappa shape index (κ3) is 1.95. The maximum Gasteiger partial charge on any atom is 0.234 e. The van der Waals surface area contributed by atoms with Gasteiger partial charge >= 0.3 is 0 Å². The Morgan fingerprint density at radius 3 is 2.56 bits per heavy atom. The molecule has 2 rings (SSSR count). The number of aromatic nitrogens is 2. The Bertz CT molecular complexity index is 504. The predicted molar refractivity (Wildman–Crippen MR) is 68.1 cm³/mol. The van der Waals surface area contributed by atoms with Gasteiger partial charge in [-0.05, 0) is 25.8 Å². The maximum absolute atomic E-state index is 5.87. The maximum atomic E-state index is 5.87. The van der Waals surface area contributed by atoms with Gasteiger partial charge in [-0.3, -0.25) is 0 Å². The Kier molecular flexibility index (Phi) is 3.52. The van der Waals surface area contributed by atoms with Crippen molar-refractivity contribution < 1.29 is 8.94 Å². The molecule has 0 amide bonds. The average Bonchev–Trinajstić information content (AvgIpc) is 3.01. The molecule has 2 heterocycles. The third-order valence-corrected chi connectivity index (χ3v) is 3.72. The van der Waals surface area contributed by atoms with E-state index in [0.717, 1.165) is 24.2 Å². The van der Waals surface area contributed by atoms with E-state index in [9.17, 15) is 0 Å². The molecule has 0 saturated heterocycles. The number of nitrogens with two attached hydrogens (primary N) is 1. The summed E-state index contributed by atoms with van der Waals surface area (Å²) in [5.74, 6) is 1.97. The molecule has 0 bridgehead atoms. The van der Waals surface area contributed by atoms with Crippen LogP contribution in [0.4, 0.5) is 0 Å². The molecule has 98 valence electrons. The fourth-order valence-corrected chi connectivity index (χ4v) is 2.09. The van der Waals surface area contributed by atoms with Gasteiger partial charge in [0.1, 0.15) is 5.76 Å². The van der Waals surface area contributed by atoms with Gasteiger partial charge < -0.3 is 14.7 Å². The monoisotopic (exact) mass is 249 g/mol. The number of aryl methyl sites for hydroxylation is 1. The molecule has 0 aliphatic carbocycles. The first-order valence-electron chi connectivity index (χ1n) is 6.25. The lowest BCUT2D eigenvalue weighted by molar-refractivity contribution is 0.267. The Morgan fingerprint density at radius 2 is 2.06 bits per heavy atom. The Morgan fingerprint density at radius 1 is 1.33 bits per heavy atom. The molecular formula is C13H19N3O2. The van der Waals surface area contributed by atoms with Crippen LogP contribution in [0.2, 0.25) is 0 Å². The molecule has 5 nitrogen and oxygen atoms in total. The molecule has 5 heteroatoms. The second-order valence-corrected chi connectivity index (χ2v) is 4.51. The van der Waals surface area contributed by atoms with Crippen LogP contribution >= 0.6 is 0 Å². The zero-order chi connectivity index (χ0) is 13.2. The molecule has 2 N–H and O–H groups in total. The molecule has 18 heavy (non-hydrogen) atoms. The molecule has 0 aromatic carbocycles. The molecule has 0 radical (unpaired) electrons. The van der Waals surface area contributed by atoms with Gasteiger partial charge in [0.2, 0.25) is 11.7 Å². The summed E-state index contributed by atoms with van der Waals surface area (Å²) < 4.78 is 10.6. The van der Waals surface area contributed by atoms with Crippen LogP contribution in [-0.4, -0.2) is 16.7 Å². The number of hydrogen-bond donors (Lipinski definition) is 1. The normalized spacial score (nSPS) is 12.0. The van der Waals surface area contributed by atoms with Gasteiger partial charge in [0, 0.05) is 6.54 Å². The summed E-state index contributed by atoms with van der Waals surface area (Å²) in [6, 6.07) is 1.84. The highest BCUT2D eigenvalue weighted by Crippen LogP contribution is 2.31. The van der Waals surface area contributed by atoms with Gasteiger partial charge in [-0.1, -0.05) is 19.0 Å². The number of furan rings is 1. The van der Waals surface area contributed by atoms with Crippen molar-refractivity contribution in [2.24, 2.45) is 5.73 Å². The van der Waals surface area contributed by atoms with Gasteiger partial charge in [0.05, 0.1) is 17.2 Å². The quantitative estimate of drug-likeness (QED) is 0.881. The summed E-state index contributed by atoms with van der Waals surface area (Å²) >= 11 is 0. The van der Waals surface area contributed by atoms with E-state index in [1.54, 1.807) is 6.26 Å². The number of hydrogen-bond acceptors (Lipinski definition) is 5. The van der Waals surface area contributed by atoms with Crippen molar-refractivity contribution in [2.75, 3.05) is 6.54 Å². The van der Waals surface area contributed by atoms with Gasteiger partial charge in [0.15, 0.2) is 0 Å². The van der Waals surface area contributed by atoms with E-state index in [0.29, 0.717) is 18.3 Å². The molecule has 0 fully saturated rings. The van der Waals surface area contributed by atoms with Crippen molar-refractivity contribution >= 4 is 0 Å². The summed E-state index contributed by atoms with van der Waals surface area (Å²) in [6.45, 7) is 6.56. The van der Waals surface area contributed by atoms with E-state index < -0.39 is 0 Å². The lowest BCUT2D eigenvalue weighted by Crippen LogP contribution is -2.34. The molecule has 0 aliphatic heterocycles. The van der Waals surface area contributed by atoms with Gasteiger partial charge in [0.25, 0.3) is 0 Å². The minimum atomic E-state index is -0.219. The first kappa shape index (κ1) is 12.8. The van der Waals surface area contributed by atoms with Gasteiger partial charge in [-0.25, -0.2) is 0 Å². The summed E-state index contributed by atoms with van der Waals surface area (Å²) in [6.07, 6.45) is 3.38. The van der Waals surface area contributed by atoms with Crippen LogP contribution in [0.3, 0.4) is 0 Å². The van der Waals surface area contributed by atoms with E-state index in [2.05, 4.69) is 24.0 Å². The summed E-state index contributed by atoms with van der Waals surface area (Å²) in [5, 5.41) is 4.03. The van der Waals surface area contributed by atoms with E-state index in [1.807, 2.05) is 13.0 Å². The molecule has 0 spiro atoms. The number of nitrogens with zero attached hydrogens (tertiary/aromatic N) is 2. The molecule has 0 atom stereocenters. The van der Waals surface area contributed by atoms with Crippen molar-refractivity contribution in [3.05, 3.63) is 24.0 Å². The second-order valence-electron chi connectivity index (χ2n) is 4.51. The van der Waals surface area contributed by atoms with Gasteiger partial charge in [-0.15, -0.1) is 0 Å². The molecule has 0 saturated carbocycles. The van der Waals surface area contributed by atoms with Crippen LogP contribution in [0.15, 0.2) is 21.3 Å². The third-order valence-electron chi connectivity index (χ3n) is 3.72. The smallest absolute Gasteiger partial charge is 0.234 e. The van der Waals surface area contributed by atoms with Crippen molar-refractivity contribution in [1.29, 1.82) is 0 Å². The second kappa shape index (κ2) is 4.94. The van der Waals surface area contributed by atoms with E-state index in [4.69, 9.17) is 14.7 Å². The molecular weight excluding hydrogens is 230 g/mol. The largest absolute Gasteiger partial charge is 0.469 e. The van der Waals surface area contributed by atoms with Crippen LogP contribution in [0.25, 0.3) is 11.4 Å². The predicted octanol–water partition coefficient (Wildman–Crippen LogP) is 2.65. The SMILES string of the molecule is CCC(CC)(CN)c1nc(-c2ccoc2C)no1. The topological polar surface area (TPSA) is 78.1 Å². The lowest BCUT2D eigenvalue weighted by atomic mass is 9.82. The van der Waals surface area contributed by atoms with Crippen LogP contribution in [0.1, 0.15) is 38.3 Å². The first-order chi connectivity index (χ1) is 8.66. The first-order valence-corrected chi connectivity index (χ1v) is 6.25. The van der Waals surface area contributed by atoms with Crippen molar-refractivity contribution in [1.82, 2.24) is 10.1 Å². The Hall–Kier alpha value is -1.62. The minimum Gasteiger partial charge on any atom is -0.469 e. The fourth-order valence-electron chi connectivity index (χ4n) is 2.09.